The van der Waals surface area contributed by atoms with E-state index in [0.717, 1.165) is 33.8 Å². The zero-order valence-electron chi connectivity index (χ0n) is 25.5. The minimum Gasteiger partial charge on any atom is -0.309 e. The molecule has 0 amide bonds. The Hall–Kier alpha value is -6.39. The molecule has 4 heteroatoms. The Bertz CT molecular complexity index is 2280. The van der Waals surface area contributed by atoms with E-state index in [0.29, 0.717) is 17.5 Å². The van der Waals surface area contributed by atoms with Gasteiger partial charge in [-0.05, 0) is 46.2 Å². The first-order valence-corrected chi connectivity index (χ1v) is 15.8. The number of fused-ring (bicyclic) bond motifs is 4. The highest BCUT2D eigenvalue weighted by molar-refractivity contribution is 6.12. The number of anilines is 3. The van der Waals surface area contributed by atoms with Gasteiger partial charge in [0.1, 0.15) is 0 Å². The van der Waals surface area contributed by atoms with Gasteiger partial charge in [0.15, 0.2) is 17.5 Å². The van der Waals surface area contributed by atoms with Gasteiger partial charge in [0.25, 0.3) is 0 Å². The predicted octanol–water partition coefficient (Wildman–Crippen LogP) is 11.1. The molecule has 0 aliphatic carbocycles. The van der Waals surface area contributed by atoms with Gasteiger partial charge in [0.2, 0.25) is 0 Å². The van der Waals surface area contributed by atoms with Gasteiger partial charge in [0, 0.05) is 33.5 Å². The standard InChI is InChI=1S/C43H28N4/c1-3-14-30(15-4-1)41-44-42(31-16-5-2-6-17-31)46-43(45-41)32-20-11-21-33(28-32)47-38-26-9-7-22-34(38)36-24-12-18-29-19-13-25-37(40(29)36)35-23-8-10-27-39(35)47/h1-28H. The predicted molar refractivity (Wildman–Crippen MR) is 193 cm³/mol. The Kier molecular flexibility index (Phi) is 6.43. The van der Waals surface area contributed by atoms with E-state index >= 15 is 0 Å². The molecule has 0 unspecified atom stereocenters. The summed E-state index contributed by atoms with van der Waals surface area (Å²) in [4.78, 5) is 17.3. The molecule has 220 valence electrons. The largest absolute Gasteiger partial charge is 0.309 e. The van der Waals surface area contributed by atoms with Crippen LogP contribution in [0.1, 0.15) is 0 Å². The first-order valence-electron chi connectivity index (χ1n) is 15.8. The van der Waals surface area contributed by atoms with Gasteiger partial charge in [-0.2, -0.15) is 0 Å². The van der Waals surface area contributed by atoms with E-state index in [1.54, 1.807) is 0 Å². The highest BCUT2D eigenvalue weighted by Gasteiger charge is 2.25. The van der Waals surface area contributed by atoms with Crippen LogP contribution in [0.3, 0.4) is 0 Å². The summed E-state index contributed by atoms with van der Waals surface area (Å²) in [6.45, 7) is 0. The lowest BCUT2D eigenvalue weighted by atomic mass is 9.87. The van der Waals surface area contributed by atoms with Gasteiger partial charge in [-0.25, -0.2) is 15.0 Å². The maximum atomic E-state index is 5.02. The summed E-state index contributed by atoms with van der Waals surface area (Å²) in [6.07, 6.45) is 0. The minimum atomic E-state index is 0.628. The van der Waals surface area contributed by atoms with Crippen LogP contribution < -0.4 is 4.90 Å². The number of rotatable bonds is 4. The van der Waals surface area contributed by atoms with E-state index in [1.807, 2.05) is 60.7 Å². The van der Waals surface area contributed by atoms with Crippen LogP contribution in [0.2, 0.25) is 0 Å². The first-order chi connectivity index (χ1) is 23.3. The van der Waals surface area contributed by atoms with Crippen molar-refractivity contribution in [2.75, 3.05) is 4.90 Å². The zero-order valence-corrected chi connectivity index (χ0v) is 25.5. The van der Waals surface area contributed by atoms with Gasteiger partial charge in [-0.15, -0.1) is 0 Å². The molecular formula is C43H28N4. The molecule has 0 radical (unpaired) electrons. The van der Waals surface area contributed by atoms with Gasteiger partial charge in [-0.1, -0.05) is 146 Å². The second kappa shape index (κ2) is 11.2. The molecule has 4 nitrogen and oxygen atoms in total. The fourth-order valence-corrected chi connectivity index (χ4v) is 6.71. The van der Waals surface area contributed by atoms with Crippen molar-refractivity contribution < 1.29 is 0 Å². The Balaban J connectivity index is 1.27. The molecule has 0 spiro atoms. The van der Waals surface area contributed by atoms with Gasteiger partial charge < -0.3 is 4.90 Å². The molecular weight excluding hydrogens is 573 g/mol. The summed E-state index contributed by atoms with van der Waals surface area (Å²) in [5, 5.41) is 2.51. The van der Waals surface area contributed by atoms with Crippen molar-refractivity contribution in [3.05, 3.63) is 170 Å². The van der Waals surface area contributed by atoms with Crippen molar-refractivity contribution in [2.45, 2.75) is 0 Å². The molecule has 0 bridgehead atoms. The van der Waals surface area contributed by atoms with Crippen LogP contribution >= 0.6 is 0 Å². The molecule has 1 aliphatic heterocycles. The third-order valence-corrected chi connectivity index (χ3v) is 8.84. The second-order valence-corrected chi connectivity index (χ2v) is 11.7. The summed E-state index contributed by atoms with van der Waals surface area (Å²) in [5.74, 6) is 1.92. The summed E-state index contributed by atoms with van der Waals surface area (Å²) in [7, 11) is 0. The van der Waals surface area contributed by atoms with Crippen molar-refractivity contribution in [1.82, 2.24) is 15.0 Å². The third-order valence-electron chi connectivity index (χ3n) is 8.84. The quantitative estimate of drug-likeness (QED) is 0.202. The number of hydrogen-bond donors (Lipinski definition) is 0. The molecule has 0 atom stereocenters. The molecule has 8 aromatic rings. The highest BCUT2D eigenvalue weighted by atomic mass is 15.1. The molecule has 0 N–H and O–H groups in total. The molecule has 0 saturated heterocycles. The average molecular weight is 601 g/mol. The molecule has 47 heavy (non-hydrogen) atoms. The fraction of sp³-hybridized carbons (Fsp3) is 0. The maximum absolute atomic E-state index is 5.02. The van der Waals surface area contributed by atoms with Crippen molar-refractivity contribution in [1.29, 1.82) is 0 Å². The van der Waals surface area contributed by atoms with E-state index in [1.165, 1.54) is 33.0 Å². The summed E-state index contributed by atoms with van der Waals surface area (Å²) in [5.41, 5.74) is 10.9. The van der Waals surface area contributed by atoms with Gasteiger partial charge in [-0.3, -0.25) is 0 Å². The highest BCUT2D eigenvalue weighted by Crippen LogP contribution is 2.50. The normalized spacial score (nSPS) is 11.8. The maximum Gasteiger partial charge on any atom is 0.164 e. The molecule has 0 saturated carbocycles. The first kappa shape index (κ1) is 27.0. The van der Waals surface area contributed by atoms with Crippen LogP contribution in [0.5, 0.6) is 0 Å². The van der Waals surface area contributed by atoms with Crippen molar-refractivity contribution >= 4 is 27.8 Å². The molecule has 1 aliphatic rings. The van der Waals surface area contributed by atoms with E-state index in [9.17, 15) is 0 Å². The SMILES string of the molecule is c1ccc(-c2nc(-c3ccccc3)nc(-c3cccc(N4c5ccccc5-c5cccc6cccc(c56)-c5ccccc54)c3)n2)cc1. The number of para-hydroxylation sites is 2. The second-order valence-electron chi connectivity index (χ2n) is 11.7. The number of aromatic nitrogens is 3. The summed E-state index contributed by atoms with van der Waals surface area (Å²) < 4.78 is 0. The molecule has 0 fully saturated rings. The number of benzene rings is 7. The smallest absolute Gasteiger partial charge is 0.164 e. The number of hydrogen-bond acceptors (Lipinski definition) is 4. The van der Waals surface area contributed by atoms with E-state index in [4.69, 9.17) is 15.0 Å². The lowest BCUT2D eigenvalue weighted by Crippen LogP contribution is -2.14. The van der Waals surface area contributed by atoms with Gasteiger partial charge >= 0.3 is 0 Å². The van der Waals surface area contributed by atoms with Crippen LogP contribution in [-0.2, 0) is 0 Å². The van der Waals surface area contributed by atoms with Crippen LogP contribution in [-0.4, -0.2) is 15.0 Å². The Morgan fingerprint density at radius 2 is 0.766 bits per heavy atom. The lowest BCUT2D eigenvalue weighted by Gasteiger charge is -2.32. The van der Waals surface area contributed by atoms with Crippen molar-refractivity contribution in [3.8, 4) is 56.4 Å². The van der Waals surface area contributed by atoms with Crippen molar-refractivity contribution in [2.24, 2.45) is 0 Å². The molecule has 1 aromatic heterocycles. The zero-order chi connectivity index (χ0) is 31.2. The van der Waals surface area contributed by atoms with Crippen LogP contribution in [0, 0.1) is 0 Å². The fourth-order valence-electron chi connectivity index (χ4n) is 6.71. The summed E-state index contributed by atoms with van der Waals surface area (Å²) >= 11 is 0. The minimum absolute atomic E-state index is 0.628. The Morgan fingerprint density at radius 3 is 1.32 bits per heavy atom. The summed E-state index contributed by atoms with van der Waals surface area (Å²) in [6, 6.07) is 59.4. The average Bonchev–Trinajstić information content (AvgIpc) is 3.15. The number of nitrogens with zero attached hydrogens (tertiary/aromatic N) is 4. The van der Waals surface area contributed by atoms with Crippen LogP contribution in [0.15, 0.2) is 170 Å². The monoisotopic (exact) mass is 600 g/mol. The molecule has 9 rings (SSSR count). The van der Waals surface area contributed by atoms with Crippen LogP contribution in [0.4, 0.5) is 17.1 Å². The third kappa shape index (κ3) is 4.66. The lowest BCUT2D eigenvalue weighted by molar-refractivity contribution is 1.07. The van der Waals surface area contributed by atoms with Crippen molar-refractivity contribution in [3.63, 3.8) is 0 Å². The Labute approximate surface area is 273 Å². The van der Waals surface area contributed by atoms with E-state index in [2.05, 4.69) is 114 Å². The van der Waals surface area contributed by atoms with Crippen LogP contribution in [0.25, 0.3) is 67.2 Å². The Morgan fingerprint density at radius 1 is 0.340 bits per heavy atom. The molecule has 7 aromatic carbocycles. The topological polar surface area (TPSA) is 41.9 Å². The van der Waals surface area contributed by atoms with Gasteiger partial charge in [0.05, 0.1) is 11.4 Å². The van der Waals surface area contributed by atoms with E-state index < -0.39 is 0 Å². The van der Waals surface area contributed by atoms with E-state index in [-0.39, 0.29) is 0 Å². The molecule has 2 heterocycles.